The second-order valence-electron chi connectivity index (χ2n) is 4.88. The molecule has 0 aliphatic heterocycles. The topological polar surface area (TPSA) is 42.2 Å². The number of amides is 1. The normalized spacial score (nSPS) is 10.8. The summed E-state index contributed by atoms with van der Waals surface area (Å²) in [7, 11) is 0. The highest BCUT2D eigenvalue weighted by Gasteiger charge is 2.10. The van der Waals surface area contributed by atoms with Crippen LogP contribution in [-0.2, 0) is 6.42 Å². The second kappa shape index (κ2) is 6.42. The molecule has 5 heteroatoms. The molecule has 0 radical (unpaired) electrons. The number of carbonyl (C=O) groups is 1. The fraction of sp³-hybridized carbons (Fsp3) is 0.118. The van der Waals surface area contributed by atoms with Crippen molar-refractivity contribution in [1.29, 1.82) is 0 Å². The quantitative estimate of drug-likeness (QED) is 0.751. The fourth-order valence-corrected chi connectivity index (χ4v) is 2.72. The van der Waals surface area contributed by atoms with Crippen molar-refractivity contribution in [2.45, 2.75) is 6.42 Å². The summed E-state index contributed by atoms with van der Waals surface area (Å²) in [5, 5.41) is 4.73. The molecular formula is C17H13Cl2NO2. The van der Waals surface area contributed by atoms with Gasteiger partial charge in [0, 0.05) is 23.4 Å². The summed E-state index contributed by atoms with van der Waals surface area (Å²) in [4.78, 5) is 12.1. The molecule has 0 saturated heterocycles. The first-order valence-corrected chi connectivity index (χ1v) is 7.60. The number of para-hydroxylation sites is 1. The highest BCUT2D eigenvalue weighted by Crippen LogP contribution is 2.21. The number of benzene rings is 2. The van der Waals surface area contributed by atoms with Crippen molar-refractivity contribution < 1.29 is 9.21 Å². The monoisotopic (exact) mass is 333 g/mol. The van der Waals surface area contributed by atoms with Crippen molar-refractivity contribution in [2.75, 3.05) is 6.54 Å². The summed E-state index contributed by atoms with van der Waals surface area (Å²) in [6.07, 6.45) is 0.617. The van der Waals surface area contributed by atoms with Crippen LogP contribution in [0.4, 0.5) is 0 Å². The number of nitrogens with one attached hydrogen (secondary N) is 1. The van der Waals surface area contributed by atoms with Gasteiger partial charge in [0.15, 0.2) is 0 Å². The van der Waals surface area contributed by atoms with Crippen LogP contribution in [0.5, 0.6) is 0 Å². The Hall–Kier alpha value is -1.97. The largest absolute Gasteiger partial charge is 0.461 e. The van der Waals surface area contributed by atoms with Gasteiger partial charge in [0.25, 0.3) is 5.91 Å². The minimum absolute atomic E-state index is 0.224. The molecule has 1 N–H and O–H groups in total. The maximum Gasteiger partial charge on any atom is 0.252 e. The predicted molar refractivity (Wildman–Crippen MR) is 88.7 cm³/mol. The van der Waals surface area contributed by atoms with Gasteiger partial charge in [-0.15, -0.1) is 0 Å². The van der Waals surface area contributed by atoms with E-state index in [1.54, 1.807) is 18.2 Å². The summed E-state index contributed by atoms with van der Waals surface area (Å²) in [5.41, 5.74) is 1.26. The Bertz CT molecular complexity index is 793. The maximum atomic E-state index is 12.1. The number of rotatable bonds is 4. The van der Waals surface area contributed by atoms with Crippen molar-refractivity contribution in [2.24, 2.45) is 0 Å². The average Bonchev–Trinajstić information content (AvgIpc) is 2.89. The van der Waals surface area contributed by atoms with Crippen molar-refractivity contribution in [3.8, 4) is 0 Å². The molecule has 0 atom stereocenters. The Morgan fingerprint density at radius 3 is 2.68 bits per heavy atom. The van der Waals surface area contributed by atoms with E-state index in [-0.39, 0.29) is 5.91 Å². The lowest BCUT2D eigenvalue weighted by Gasteiger charge is -2.06. The van der Waals surface area contributed by atoms with E-state index in [0.29, 0.717) is 28.6 Å². The molecule has 1 amide bonds. The predicted octanol–water partition coefficient (Wildman–Crippen LogP) is 4.71. The van der Waals surface area contributed by atoms with Crippen LogP contribution in [0.3, 0.4) is 0 Å². The van der Waals surface area contributed by atoms with E-state index < -0.39 is 0 Å². The highest BCUT2D eigenvalue weighted by molar-refractivity contribution is 6.36. The number of carbonyl (C=O) groups excluding carboxylic acids is 1. The van der Waals surface area contributed by atoms with Gasteiger partial charge in [-0.05, 0) is 30.3 Å². The smallest absolute Gasteiger partial charge is 0.252 e. The molecule has 22 heavy (non-hydrogen) atoms. The first-order chi connectivity index (χ1) is 10.6. The number of hydrogen-bond acceptors (Lipinski definition) is 2. The molecule has 2 aromatic carbocycles. The summed E-state index contributed by atoms with van der Waals surface area (Å²) < 4.78 is 5.70. The van der Waals surface area contributed by atoms with Gasteiger partial charge in [0.05, 0.1) is 10.6 Å². The Morgan fingerprint density at radius 2 is 1.91 bits per heavy atom. The SMILES string of the molecule is O=C(NCCc1cc2ccccc2o1)c1ccc(Cl)cc1Cl. The fourth-order valence-electron chi connectivity index (χ4n) is 2.23. The van der Waals surface area contributed by atoms with E-state index >= 15 is 0 Å². The maximum absolute atomic E-state index is 12.1. The van der Waals surface area contributed by atoms with Gasteiger partial charge >= 0.3 is 0 Å². The van der Waals surface area contributed by atoms with Gasteiger partial charge in [0.2, 0.25) is 0 Å². The zero-order valence-corrected chi connectivity index (χ0v) is 13.1. The molecule has 0 unspecified atom stereocenters. The molecule has 112 valence electrons. The molecule has 0 spiro atoms. The minimum atomic E-state index is -0.224. The molecule has 3 nitrogen and oxygen atoms in total. The van der Waals surface area contributed by atoms with Gasteiger partial charge in [-0.25, -0.2) is 0 Å². The van der Waals surface area contributed by atoms with Gasteiger partial charge in [-0.1, -0.05) is 41.4 Å². The first-order valence-electron chi connectivity index (χ1n) is 6.84. The van der Waals surface area contributed by atoms with Gasteiger partial charge in [-0.2, -0.15) is 0 Å². The standard InChI is InChI=1S/C17H13Cl2NO2/c18-12-5-6-14(15(19)10-12)17(21)20-8-7-13-9-11-3-1-2-4-16(11)22-13/h1-6,9-10H,7-8H2,(H,20,21). The molecule has 0 saturated carbocycles. The zero-order chi connectivity index (χ0) is 15.5. The first kappa shape index (κ1) is 14.9. The number of furan rings is 1. The van der Waals surface area contributed by atoms with E-state index in [4.69, 9.17) is 27.6 Å². The molecule has 0 bridgehead atoms. The summed E-state index contributed by atoms with van der Waals surface area (Å²) >= 11 is 11.8. The van der Waals surface area contributed by atoms with Crippen LogP contribution in [0.2, 0.25) is 10.0 Å². The molecule has 1 aromatic heterocycles. The van der Waals surface area contributed by atoms with Crippen LogP contribution in [0.15, 0.2) is 52.9 Å². The van der Waals surface area contributed by atoms with Crippen molar-refractivity contribution in [3.05, 3.63) is 69.9 Å². The summed E-state index contributed by atoms with van der Waals surface area (Å²) in [6.45, 7) is 0.470. The van der Waals surface area contributed by atoms with Crippen molar-refractivity contribution in [1.82, 2.24) is 5.32 Å². The Labute approximate surface area is 137 Å². The van der Waals surface area contributed by atoms with Crippen molar-refractivity contribution in [3.63, 3.8) is 0 Å². The van der Waals surface area contributed by atoms with Crippen LogP contribution in [0.25, 0.3) is 11.0 Å². The summed E-state index contributed by atoms with van der Waals surface area (Å²) in [6, 6.07) is 14.6. The third kappa shape index (κ3) is 3.26. The molecule has 0 aliphatic rings. The van der Waals surface area contributed by atoms with Crippen LogP contribution in [0.1, 0.15) is 16.1 Å². The van der Waals surface area contributed by atoms with E-state index in [1.807, 2.05) is 30.3 Å². The Morgan fingerprint density at radius 1 is 1.09 bits per heavy atom. The molecule has 0 aliphatic carbocycles. The lowest BCUT2D eigenvalue weighted by atomic mass is 10.2. The van der Waals surface area contributed by atoms with E-state index in [2.05, 4.69) is 5.32 Å². The van der Waals surface area contributed by atoms with Gasteiger partial charge in [0.1, 0.15) is 11.3 Å². The third-order valence-electron chi connectivity index (χ3n) is 3.31. The van der Waals surface area contributed by atoms with Crippen LogP contribution >= 0.6 is 23.2 Å². The second-order valence-corrected chi connectivity index (χ2v) is 5.72. The lowest BCUT2D eigenvalue weighted by Crippen LogP contribution is -2.25. The molecule has 1 heterocycles. The summed E-state index contributed by atoms with van der Waals surface area (Å²) in [5.74, 6) is 0.612. The minimum Gasteiger partial charge on any atom is -0.461 e. The molecular weight excluding hydrogens is 321 g/mol. The zero-order valence-electron chi connectivity index (χ0n) is 11.6. The van der Waals surface area contributed by atoms with Crippen LogP contribution in [0, 0.1) is 0 Å². The average molecular weight is 334 g/mol. The molecule has 0 fully saturated rings. The van der Waals surface area contributed by atoms with Gasteiger partial charge in [-0.3, -0.25) is 4.79 Å². The third-order valence-corrected chi connectivity index (χ3v) is 3.86. The Kier molecular flexibility index (Phi) is 4.36. The number of fused-ring (bicyclic) bond motifs is 1. The van der Waals surface area contributed by atoms with Crippen LogP contribution in [-0.4, -0.2) is 12.5 Å². The van der Waals surface area contributed by atoms with Crippen molar-refractivity contribution >= 4 is 40.1 Å². The van der Waals surface area contributed by atoms with Gasteiger partial charge < -0.3 is 9.73 Å². The molecule has 3 rings (SSSR count). The number of hydrogen-bond donors (Lipinski definition) is 1. The molecule has 3 aromatic rings. The number of halogens is 2. The van der Waals surface area contributed by atoms with E-state index in [9.17, 15) is 4.79 Å². The lowest BCUT2D eigenvalue weighted by molar-refractivity contribution is 0.0954. The van der Waals surface area contributed by atoms with E-state index in [1.165, 1.54) is 0 Å². The highest BCUT2D eigenvalue weighted by atomic mass is 35.5. The van der Waals surface area contributed by atoms with Crippen LogP contribution < -0.4 is 5.32 Å². The van der Waals surface area contributed by atoms with E-state index in [0.717, 1.165) is 16.7 Å². The Balaban J connectivity index is 1.61.